The van der Waals surface area contributed by atoms with Crippen molar-refractivity contribution >= 4 is 11.6 Å². The lowest BCUT2D eigenvalue weighted by Crippen LogP contribution is -2.24. The Morgan fingerprint density at radius 3 is 2.89 bits per heavy atom. The van der Waals surface area contributed by atoms with Gasteiger partial charge < -0.3 is 10.3 Å². The highest BCUT2D eigenvalue weighted by Crippen LogP contribution is 2.29. The molecule has 18 heavy (non-hydrogen) atoms. The van der Waals surface area contributed by atoms with Crippen LogP contribution in [0.4, 0.5) is 11.6 Å². The molecule has 0 spiro atoms. The standard InChI is InChI=1S/C13H23N5/c1-3-5-11-12(17-14)15-9-16-13(11)18-7-6-10(4-2)8-18/h9-10H,3-8,14H2,1-2H3,(H,15,16,17). The third-order valence-corrected chi connectivity index (χ3v) is 3.72. The van der Waals surface area contributed by atoms with Crippen LogP contribution < -0.4 is 16.2 Å². The lowest BCUT2D eigenvalue weighted by atomic mass is 10.1. The molecule has 5 nitrogen and oxygen atoms in total. The first-order valence-corrected chi connectivity index (χ1v) is 6.85. The second-order valence-corrected chi connectivity index (χ2v) is 4.93. The largest absolute Gasteiger partial charge is 0.356 e. The molecule has 0 bridgehead atoms. The van der Waals surface area contributed by atoms with Crippen molar-refractivity contribution < 1.29 is 0 Å². The second-order valence-electron chi connectivity index (χ2n) is 4.93. The maximum atomic E-state index is 5.54. The van der Waals surface area contributed by atoms with Crippen molar-refractivity contribution in [1.29, 1.82) is 0 Å². The fourth-order valence-corrected chi connectivity index (χ4v) is 2.64. The molecule has 0 amide bonds. The van der Waals surface area contributed by atoms with Gasteiger partial charge in [-0.15, -0.1) is 0 Å². The molecule has 0 saturated carbocycles. The number of nitrogens with one attached hydrogen (secondary N) is 1. The van der Waals surface area contributed by atoms with Gasteiger partial charge in [0.25, 0.3) is 0 Å². The van der Waals surface area contributed by atoms with E-state index in [0.717, 1.165) is 49.0 Å². The van der Waals surface area contributed by atoms with Crippen LogP contribution >= 0.6 is 0 Å². The maximum absolute atomic E-state index is 5.54. The smallest absolute Gasteiger partial charge is 0.148 e. The average Bonchev–Trinajstić information content (AvgIpc) is 2.88. The van der Waals surface area contributed by atoms with Crippen molar-refractivity contribution in [3.05, 3.63) is 11.9 Å². The molecular weight excluding hydrogens is 226 g/mol. The first kappa shape index (κ1) is 13.1. The van der Waals surface area contributed by atoms with E-state index in [1.807, 2.05) is 0 Å². The molecule has 1 unspecified atom stereocenters. The zero-order valence-electron chi connectivity index (χ0n) is 11.3. The van der Waals surface area contributed by atoms with Crippen molar-refractivity contribution in [3.63, 3.8) is 0 Å². The number of nitrogens with two attached hydrogens (primary N) is 1. The summed E-state index contributed by atoms with van der Waals surface area (Å²) in [4.78, 5) is 11.1. The highest BCUT2D eigenvalue weighted by molar-refractivity contribution is 5.58. The molecule has 3 N–H and O–H groups in total. The Bertz CT molecular complexity index is 393. The summed E-state index contributed by atoms with van der Waals surface area (Å²) in [5.74, 6) is 8.17. The van der Waals surface area contributed by atoms with Gasteiger partial charge in [0.15, 0.2) is 0 Å². The summed E-state index contributed by atoms with van der Waals surface area (Å²) < 4.78 is 0. The van der Waals surface area contributed by atoms with Crippen LogP contribution in [0, 0.1) is 5.92 Å². The third kappa shape index (κ3) is 2.56. The van der Waals surface area contributed by atoms with Crippen LogP contribution in [0.2, 0.25) is 0 Å². The van der Waals surface area contributed by atoms with Gasteiger partial charge in [0.05, 0.1) is 0 Å². The topological polar surface area (TPSA) is 67.1 Å². The predicted octanol–water partition coefficient (Wildman–Crippen LogP) is 1.95. The first-order valence-electron chi connectivity index (χ1n) is 6.85. The molecule has 1 aromatic rings. The van der Waals surface area contributed by atoms with Gasteiger partial charge in [0.1, 0.15) is 18.0 Å². The van der Waals surface area contributed by atoms with Crippen molar-refractivity contribution in [1.82, 2.24) is 9.97 Å². The van der Waals surface area contributed by atoms with Gasteiger partial charge in [-0.1, -0.05) is 26.7 Å². The maximum Gasteiger partial charge on any atom is 0.148 e. The van der Waals surface area contributed by atoms with Gasteiger partial charge in [-0.2, -0.15) is 0 Å². The van der Waals surface area contributed by atoms with Crippen LogP contribution in [0.15, 0.2) is 6.33 Å². The molecule has 1 fully saturated rings. The van der Waals surface area contributed by atoms with Crippen LogP contribution in [-0.2, 0) is 6.42 Å². The van der Waals surface area contributed by atoms with Crippen molar-refractivity contribution in [2.24, 2.45) is 11.8 Å². The quantitative estimate of drug-likeness (QED) is 0.616. The molecule has 0 aliphatic carbocycles. The molecular formula is C13H23N5. The highest BCUT2D eigenvalue weighted by atomic mass is 15.3. The molecule has 1 aliphatic rings. The fraction of sp³-hybridized carbons (Fsp3) is 0.692. The number of hydrogen-bond donors (Lipinski definition) is 2. The molecule has 2 heterocycles. The molecule has 2 rings (SSSR count). The molecule has 0 aromatic carbocycles. The number of hydrogen-bond acceptors (Lipinski definition) is 5. The van der Waals surface area contributed by atoms with Crippen LogP contribution in [0.25, 0.3) is 0 Å². The van der Waals surface area contributed by atoms with E-state index in [2.05, 4.69) is 34.1 Å². The van der Waals surface area contributed by atoms with E-state index in [-0.39, 0.29) is 0 Å². The second kappa shape index (κ2) is 6.00. The van der Waals surface area contributed by atoms with E-state index in [1.165, 1.54) is 12.8 Å². The summed E-state index contributed by atoms with van der Waals surface area (Å²) >= 11 is 0. The minimum Gasteiger partial charge on any atom is -0.356 e. The summed E-state index contributed by atoms with van der Waals surface area (Å²) in [6.07, 6.45) is 6.14. The number of nitrogen functional groups attached to an aromatic ring is 1. The highest BCUT2D eigenvalue weighted by Gasteiger charge is 2.24. The molecule has 1 atom stereocenters. The Kier molecular flexibility index (Phi) is 4.36. The van der Waals surface area contributed by atoms with E-state index in [9.17, 15) is 0 Å². The number of nitrogens with zero attached hydrogens (tertiary/aromatic N) is 3. The Labute approximate surface area is 109 Å². The van der Waals surface area contributed by atoms with Crippen LogP contribution in [0.3, 0.4) is 0 Å². The van der Waals surface area contributed by atoms with E-state index in [4.69, 9.17) is 5.84 Å². The van der Waals surface area contributed by atoms with Crippen LogP contribution in [-0.4, -0.2) is 23.1 Å². The van der Waals surface area contributed by atoms with Crippen molar-refractivity contribution in [2.45, 2.75) is 39.5 Å². The van der Waals surface area contributed by atoms with E-state index in [0.29, 0.717) is 0 Å². The Morgan fingerprint density at radius 2 is 2.28 bits per heavy atom. The molecule has 1 aliphatic heterocycles. The van der Waals surface area contributed by atoms with Crippen LogP contribution in [0.1, 0.15) is 38.7 Å². The molecule has 5 heteroatoms. The number of hydrazine groups is 1. The van der Waals surface area contributed by atoms with Crippen molar-refractivity contribution in [2.75, 3.05) is 23.4 Å². The van der Waals surface area contributed by atoms with Gasteiger partial charge in [-0.3, -0.25) is 0 Å². The Balaban J connectivity index is 2.26. The first-order chi connectivity index (χ1) is 8.80. The molecule has 1 aromatic heterocycles. The Hall–Kier alpha value is -1.36. The molecule has 1 saturated heterocycles. The minimum atomic E-state index is 0.766. The molecule has 0 radical (unpaired) electrons. The Morgan fingerprint density at radius 1 is 1.44 bits per heavy atom. The number of aromatic nitrogens is 2. The van der Waals surface area contributed by atoms with Gasteiger partial charge >= 0.3 is 0 Å². The van der Waals surface area contributed by atoms with E-state index >= 15 is 0 Å². The van der Waals surface area contributed by atoms with Crippen LogP contribution in [0.5, 0.6) is 0 Å². The SMILES string of the molecule is CCCc1c(NN)ncnc1N1CCC(CC)C1. The monoisotopic (exact) mass is 249 g/mol. The summed E-state index contributed by atoms with van der Waals surface area (Å²) in [6.45, 7) is 6.62. The molecule has 100 valence electrons. The normalized spacial score (nSPS) is 19.3. The van der Waals surface area contributed by atoms with Crippen molar-refractivity contribution in [3.8, 4) is 0 Å². The average molecular weight is 249 g/mol. The zero-order valence-corrected chi connectivity index (χ0v) is 11.3. The van der Waals surface area contributed by atoms with E-state index < -0.39 is 0 Å². The summed E-state index contributed by atoms with van der Waals surface area (Å²) in [5.41, 5.74) is 3.84. The lowest BCUT2D eigenvalue weighted by Gasteiger charge is -2.21. The minimum absolute atomic E-state index is 0.766. The number of rotatable bonds is 5. The summed E-state index contributed by atoms with van der Waals surface area (Å²) in [7, 11) is 0. The zero-order chi connectivity index (χ0) is 13.0. The van der Waals surface area contributed by atoms with Gasteiger partial charge in [0, 0.05) is 18.7 Å². The number of anilines is 2. The predicted molar refractivity (Wildman–Crippen MR) is 74.4 cm³/mol. The van der Waals surface area contributed by atoms with Gasteiger partial charge in [0.2, 0.25) is 0 Å². The van der Waals surface area contributed by atoms with Gasteiger partial charge in [-0.05, 0) is 18.8 Å². The van der Waals surface area contributed by atoms with Gasteiger partial charge in [-0.25, -0.2) is 15.8 Å². The van der Waals surface area contributed by atoms with E-state index in [1.54, 1.807) is 6.33 Å². The third-order valence-electron chi connectivity index (χ3n) is 3.72. The fourth-order valence-electron chi connectivity index (χ4n) is 2.64. The summed E-state index contributed by atoms with van der Waals surface area (Å²) in [5, 5.41) is 0. The lowest BCUT2D eigenvalue weighted by molar-refractivity contribution is 0.568. The summed E-state index contributed by atoms with van der Waals surface area (Å²) in [6, 6.07) is 0.